The summed E-state index contributed by atoms with van der Waals surface area (Å²) in [6.07, 6.45) is 18.2. The van der Waals surface area contributed by atoms with Gasteiger partial charge in [0.15, 0.2) is 0 Å². The van der Waals surface area contributed by atoms with E-state index in [0.717, 1.165) is 48.3 Å². The lowest BCUT2D eigenvalue weighted by Crippen LogP contribution is -2.56. The second kappa shape index (κ2) is 9.15. The molecule has 0 saturated heterocycles. The number of aliphatic hydroxyl groups excluding tert-OH is 1. The third-order valence-electron chi connectivity index (χ3n) is 11.6. The largest absolute Gasteiger partial charge is 0.393 e. The molecule has 0 amide bonds. The lowest BCUT2D eigenvalue weighted by Gasteiger charge is -2.62. The summed E-state index contributed by atoms with van der Waals surface area (Å²) in [6.45, 7) is 16.7. The van der Waals surface area contributed by atoms with Crippen molar-refractivity contribution in [2.45, 2.75) is 118 Å². The summed E-state index contributed by atoms with van der Waals surface area (Å²) in [7, 11) is 0. The van der Waals surface area contributed by atoms with Gasteiger partial charge < -0.3 is 5.11 Å². The minimum Gasteiger partial charge on any atom is -0.393 e. The van der Waals surface area contributed by atoms with E-state index in [-0.39, 0.29) is 6.10 Å². The van der Waals surface area contributed by atoms with E-state index in [0.29, 0.717) is 22.7 Å². The molecule has 0 spiro atoms. The van der Waals surface area contributed by atoms with Gasteiger partial charge in [0.1, 0.15) is 0 Å². The maximum atomic E-state index is 10.8. The van der Waals surface area contributed by atoms with Crippen LogP contribution in [0.3, 0.4) is 0 Å². The van der Waals surface area contributed by atoms with Crippen molar-refractivity contribution in [2.75, 3.05) is 0 Å². The molecule has 4 fully saturated rings. The second-order valence-corrected chi connectivity index (χ2v) is 13.4. The first-order chi connectivity index (χ1) is 14.7. The molecule has 0 heterocycles. The van der Waals surface area contributed by atoms with Crippen LogP contribution >= 0.6 is 0 Å². The van der Waals surface area contributed by atoms with E-state index in [1.165, 1.54) is 64.2 Å². The third kappa shape index (κ3) is 4.08. The summed E-state index contributed by atoms with van der Waals surface area (Å²) >= 11 is 0. The normalized spacial score (nSPS) is 48.0. The van der Waals surface area contributed by atoms with E-state index < -0.39 is 0 Å². The molecule has 1 N–H and O–H groups in total. The van der Waals surface area contributed by atoms with Crippen molar-refractivity contribution in [3.05, 3.63) is 12.7 Å². The molecule has 4 unspecified atom stereocenters. The van der Waals surface area contributed by atoms with Gasteiger partial charge >= 0.3 is 0 Å². The topological polar surface area (TPSA) is 20.2 Å². The van der Waals surface area contributed by atoms with Crippen LogP contribution in [0, 0.1) is 58.2 Å². The van der Waals surface area contributed by atoms with Crippen LogP contribution in [0.25, 0.3) is 0 Å². The molecule has 0 aliphatic heterocycles. The van der Waals surface area contributed by atoms with Gasteiger partial charge in [-0.25, -0.2) is 0 Å². The van der Waals surface area contributed by atoms with Crippen LogP contribution in [-0.4, -0.2) is 11.2 Å². The van der Waals surface area contributed by atoms with Gasteiger partial charge in [-0.05, 0) is 116 Å². The van der Waals surface area contributed by atoms with Crippen LogP contribution in [0.5, 0.6) is 0 Å². The predicted molar refractivity (Wildman–Crippen MR) is 133 cm³/mol. The highest BCUT2D eigenvalue weighted by Crippen LogP contribution is 2.69. The number of fused-ring (bicyclic) bond motifs is 5. The summed E-state index contributed by atoms with van der Waals surface area (Å²) in [5, 5.41) is 10.8. The molecular formula is C30H52O. The van der Waals surface area contributed by atoms with Crippen molar-refractivity contribution in [2.24, 2.45) is 58.2 Å². The van der Waals surface area contributed by atoms with Crippen molar-refractivity contribution < 1.29 is 5.11 Å². The first kappa shape index (κ1) is 23.8. The van der Waals surface area contributed by atoms with Crippen molar-refractivity contribution >= 4 is 0 Å². The van der Waals surface area contributed by atoms with Gasteiger partial charge in [-0.3, -0.25) is 0 Å². The average molecular weight is 429 g/mol. The monoisotopic (exact) mass is 428 g/mol. The Kier molecular flexibility index (Phi) is 7.04. The molecule has 0 aromatic rings. The van der Waals surface area contributed by atoms with Crippen molar-refractivity contribution in [3.8, 4) is 0 Å². The maximum Gasteiger partial charge on any atom is 0.0574 e. The number of rotatable bonds is 7. The third-order valence-corrected chi connectivity index (χ3v) is 11.6. The molecule has 1 heteroatoms. The Morgan fingerprint density at radius 1 is 0.871 bits per heavy atom. The Morgan fingerprint density at radius 2 is 1.55 bits per heavy atom. The summed E-state index contributed by atoms with van der Waals surface area (Å²) in [6, 6.07) is 0. The van der Waals surface area contributed by atoms with Gasteiger partial charge in [-0.15, -0.1) is 6.58 Å². The minimum atomic E-state index is -0.0935. The van der Waals surface area contributed by atoms with Gasteiger partial charge in [0, 0.05) is 0 Å². The summed E-state index contributed by atoms with van der Waals surface area (Å²) < 4.78 is 0. The van der Waals surface area contributed by atoms with Crippen molar-refractivity contribution in [1.82, 2.24) is 0 Å². The van der Waals surface area contributed by atoms with Crippen LogP contribution in [0.4, 0.5) is 0 Å². The first-order valence-electron chi connectivity index (χ1n) is 14.0. The molecule has 4 aliphatic rings. The Bertz CT molecular complexity index is 624. The summed E-state index contributed by atoms with van der Waals surface area (Å²) in [5.74, 6) is 6.70. The van der Waals surface area contributed by atoms with Gasteiger partial charge in [0.05, 0.1) is 6.10 Å². The minimum absolute atomic E-state index is 0.0935. The van der Waals surface area contributed by atoms with E-state index in [4.69, 9.17) is 0 Å². The van der Waals surface area contributed by atoms with Crippen LogP contribution in [0.15, 0.2) is 12.7 Å². The highest BCUT2D eigenvalue weighted by atomic mass is 16.3. The van der Waals surface area contributed by atoms with Crippen LogP contribution in [0.2, 0.25) is 0 Å². The van der Waals surface area contributed by atoms with Crippen LogP contribution in [0.1, 0.15) is 112 Å². The SMILES string of the molecule is C=CC[C@H]1C2CCC3C(CC[C@@]4(C)C3CC[C@@H]4[C@H](C)CCCC(C)C)[C@@]2(C)CC[C@H]1O. The van der Waals surface area contributed by atoms with Gasteiger partial charge in [0.25, 0.3) is 0 Å². The van der Waals surface area contributed by atoms with Crippen LogP contribution < -0.4 is 0 Å². The molecule has 1 nitrogen and oxygen atoms in total. The van der Waals surface area contributed by atoms with E-state index in [9.17, 15) is 5.11 Å². The molecule has 4 saturated carbocycles. The number of allylic oxidation sites excluding steroid dienone is 1. The van der Waals surface area contributed by atoms with Crippen LogP contribution in [-0.2, 0) is 0 Å². The number of aliphatic hydroxyl groups is 1. The Labute approximate surface area is 193 Å². The lowest BCUT2D eigenvalue weighted by molar-refractivity contribution is -0.152. The lowest BCUT2D eigenvalue weighted by atomic mass is 9.43. The fraction of sp³-hybridized carbons (Fsp3) is 0.933. The average Bonchev–Trinajstić information content (AvgIpc) is 3.07. The molecule has 0 aromatic heterocycles. The number of hydrogen-bond donors (Lipinski definition) is 1. The standard InChI is InChI=1S/C30H52O/c1-7-9-23-26-13-12-22-25-15-14-24(21(4)11-8-10-20(2)3)29(25,5)18-16-27(22)30(26,6)19-17-28(23)31/h7,20-28,31H,1,8-19H2,2-6H3/t21-,22?,23+,24-,25?,26?,27?,28-,29-,30+/m1/s1. The zero-order valence-corrected chi connectivity index (χ0v) is 21.4. The van der Waals surface area contributed by atoms with Gasteiger partial charge in [0.2, 0.25) is 0 Å². The zero-order valence-electron chi connectivity index (χ0n) is 21.4. The zero-order chi connectivity index (χ0) is 22.4. The van der Waals surface area contributed by atoms with E-state index in [2.05, 4.69) is 47.3 Å². The molecule has 0 bridgehead atoms. The highest BCUT2D eigenvalue weighted by molar-refractivity contribution is 5.11. The maximum absolute atomic E-state index is 10.8. The van der Waals surface area contributed by atoms with E-state index >= 15 is 0 Å². The Hall–Kier alpha value is -0.300. The van der Waals surface area contributed by atoms with E-state index in [1.54, 1.807) is 0 Å². The van der Waals surface area contributed by atoms with Gasteiger partial charge in [-0.2, -0.15) is 0 Å². The molecule has 31 heavy (non-hydrogen) atoms. The fourth-order valence-electron chi connectivity index (χ4n) is 10.0. The molecule has 4 rings (SSSR count). The molecule has 0 aromatic carbocycles. The quantitative estimate of drug-likeness (QED) is 0.404. The van der Waals surface area contributed by atoms with E-state index in [1.807, 2.05) is 0 Å². The first-order valence-corrected chi connectivity index (χ1v) is 14.0. The fourth-order valence-corrected chi connectivity index (χ4v) is 10.0. The summed E-state index contributed by atoms with van der Waals surface area (Å²) in [5.41, 5.74) is 1.05. The predicted octanol–water partition coefficient (Wildman–Crippen LogP) is 8.27. The summed E-state index contributed by atoms with van der Waals surface area (Å²) in [4.78, 5) is 0. The Balaban J connectivity index is 1.49. The Morgan fingerprint density at radius 3 is 2.26 bits per heavy atom. The molecular weight excluding hydrogens is 376 g/mol. The molecule has 0 radical (unpaired) electrons. The van der Waals surface area contributed by atoms with Crippen molar-refractivity contribution in [1.29, 1.82) is 0 Å². The highest BCUT2D eigenvalue weighted by Gasteiger charge is 2.61. The number of hydrogen-bond acceptors (Lipinski definition) is 1. The molecule has 4 aliphatic carbocycles. The molecule has 178 valence electrons. The van der Waals surface area contributed by atoms with Crippen molar-refractivity contribution in [3.63, 3.8) is 0 Å². The molecule has 10 atom stereocenters. The second-order valence-electron chi connectivity index (χ2n) is 13.4. The smallest absolute Gasteiger partial charge is 0.0574 e. The van der Waals surface area contributed by atoms with Gasteiger partial charge in [-0.1, -0.05) is 60.0 Å².